The van der Waals surface area contributed by atoms with Gasteiger partial charge in [-0.25, -0.2) is 4.98 Å². The molecule has 3 rings (SSSR count). The molecule has 0 unspecified atom stereocenters. The summed E-state index contributed by atoms with van der Waals surface area (Å²) in [6.45, 7) is 0.566. The highest BCUT2D eigenvalue weighted by molar-refractivity contribution is 8.26. The Balaban J connectivity index is 1.42. The number of aromatic nitrogens is 1. The van der Waals surface area contributed by atoms with Crippen LogP contribution in [0, 0.1) is 0 Å². The minimum absolute atomic E-state index is 0.0357. The Labute approximate surface area is 182 Å². The number of anilines is 1. The molecule has 0 spiro atoms. The van der Waals surface area contributed by atoms with Gasteiger partial charge >= 0.3 is 0 Å². The molecular weight excluding hydrogens is 434 g/mol. The van der Waals surface area contributed by atoms with Crippen LogP contribution in [-0.4, -0.2) is 32.6 Å². The number of hydrogen-bond acceptors (Lipinski definition) is 6. The normalized spacial score (nSPS) is 15.5. The molecule has 0 radical (unpaired) electrons. The lowest BCUT2D eigenvalue weighted by molar-refractivity contribution is -0.122. The first kappa shape index (κ1) is 21.0. The molecule has 5 nitrogen and oxygen atoms in total. The van der Waals surface area contributed by atoms with Crippen molar-refractivity contribution in [1.82, 2.24) is 9.88 Å². The molecule has 1 aliphatic heterocycles. The van der Waals surface area contributed by atoms with E-state index in [1.165, 1.54) is 23.1 Å². The van der Waals surface area contributed by atoms with Gasteiger partial charge in [0.1, 0.15) is 4.32 Å². The Bertz CT molecular complexity index is 882. The molecule has 1 aromatic carbocycles. The smallest absolute Gasteiger partial charge is 0.266 e. The molecular formula is C19H18ClN3O2S3. The maximum atomic E-state index is 12.6. The van der Waals surface area contributed by atoms with Crippen LogP contribution < -0.4 is 5.32 Å². The number of thioether (sulfide) groups is 1. The molecule has 1 N–H and O–H groups in total. The van der Waals surface area contributed by atoms with Crippen molar-refractivity contribution in [2.24, 2.45) is 0 Å². The van der Waals surface area contributed by atoms with E-state index < -0.39 is 0 Å². The summed E-state index contributed by atoms with van der Waals surface area (Å²) in [5, 5.41) is 5.86. The molecule has 0 bridgehead atoms. The number of unbranched alkanes of at least 4 members (excludes halogenated alkanes) is 2. The fourth-order valence-corrected chi connectivity index (χ4v) is 4.58. The number of thiazole rings is 1. The predicted octanol–water partition coefficient (Wildman–Crippen LogP) is 5.20. The van der Waals surface area contributed by atoms with Gasteiger partial charge in [0, 0.05) is 29.6 Å². The Hall–Kier alpha value is -1.74. The molecule has 146 valence electrons. The lowest BCUT2D eigenvalue weighted by Crippen LogP contribution is -2.29. The Morgan fingerprint density at radius 3 is 2.75 bits per heavy atom. The summed E-state index contributed by atoms with van der Waals surface area (Å²) in [6, 6.07) is 7.31. The first-order valence-electron chi connectivity index (χ1n) is 8.73. The quantitative estimate of drug-likeness (QED) is 0.339. The summed E-state index contributed by atoms with van der Waals surface area (Å²) in [5.41, 5.74) is 0.913. The zero-order chi connectivity index (χ0) is 19.9. The molecule has 1 fully saturated rings. The number of amides is 2. The first-order chi connectivity index (χ1) is 13.5. The Kier molecular flexibility index (Phi) is 7.61. The molecule has 28 heavy (non-hydrogen) atoms. The second-order valence-electron chi connectivity index (χ2n) is 6.08. The number of benzene rings is 1. The minimum atomic E-state index is -0.0635. The number of carbonyl (C=O) groups is 2. The summed E-state index contributed by atoms with van der Waals surface area (Å²) in [4.78, 5) is 30.7. The van der Waals surface area contributed by atoms with Crippen LogP contribution in [0.5, 0.6) is 0 Å². The Morgan fingerprint density at radius 1 is 1.25 bits per heavy atom. The van der Waals surface area contributed by atoms with Gasteiger partial charge in [0.2, 0.25) is 5.91 Å². The summed E-state index contributed by atoms with van der Waals surface area (Å²) in [7, 11) is 0. The van der Waals surface area contributed by atoms with Gasteiger partial charge in [-0.05, 0) is 36.6 Å². The van der Waals surface area contributed by atoms with E-state index in [-0.39, 0.29) is 11.8 Å². The van der Waals surface area contributed by atoms with Crippen molar-refractivity contribution in [3.63, 3.8) is 0 Å². The van der Waals surface area contributed by atoms with Gasteiger partial charge in [0.25, 0.3) is 5.91 Å². The van der Waals surface area contributed by atoms with Crippen molar-refractivity contribution in [1.29, 1.82) is 0 Å². The van der Waals surface area contributed by atoms with Crippen LogP contribution >= 0.6 is 46.9 Å². The lowest BCUT2D eigenvalue weighted by Gasteiger charge is -2.14. The number of nitrogens with one attached hydrogen (secondary N) is 1. The van der Waals surface area contributed by atoms with Crippen LogP contribution in [0.3, 0.4) is 0 Å². The maximum absolute atomic E-state index is 12.6. The molecule has 2 amide bonds. The molecule has 1 aliphatic rings. The van der Waals surface area contributed by atoms with Crippen molar-refractivity contribution in [2.75, 3.05) is 11.9 Å². The standard InChI is InChI=1S/C19H18ClN3O2S3/c20-14-7-5-13(6-8-14)12-15-17(25)23(19(26)28-15)10-3-1-2-4-16(24)22-18-21-9-11-27-18/h5-9,11-12H,1-4,10H2,(H,21,22,24). The monoisotopic (exact) mass is 451 g/mol. The molecule has 0 saturated carbocycles. The van der Waals surface area contributed by atoms with E-state index in [1.807, 2.05) is 23.6 Å². The van der Waals surface area contributed by atoms with Crippen LogP contribution in [0.15, 0.2) is 40.7 Å². The lowest BCUT2D eigenvalue weighted by atomic mass is 10.2. The molecule has 0 atom stereocenters. The van der Waals surface area contributed by atoms with Crippen LogP contribution in [0.2, 0.25) is 5.02 Å². The third-order valence-electron chi connectivity index (χ3n) is 4.01. The number of hydrogen-bond donors (Lipinski definition) is 1. The van der Waals surface area contributed by atoms with E-state index in [9.17, 15) is 9.59 Å². The number of thiocarbonyl (C=S) groups is 1. The SMILES string of the molecule is O=C(CCCCCN1C(=O)C(=Cc2ccc(Cl)cc2)SC1=S)Nc1nccs1. The topological polar surface area (TPSA) is 62.3 Å². The zero-order valence-corrected chi connectivity index (χ0v) is 18.1. The van der Waals surface area contributed by atoms with Gasteiger partial charge in [-0.15, -0.1) is 11.3 Å². The summed E-state index contributed by atoms with van der Waals surface area (Å²) in [5.74, 6) is -0.0991. The van der Waals surface area contributed by atoms with Gasteiger partial charge < -0.3 is 5.32 Å². The molecule has 9 heteroatoms. The maximum Gasteiger partial charge on any atom is 0.266 e. The fraction of sp³-hybridized carbons (Fsp3) is 0.263. The molecule has 0 aliphatic carbocycles. The third kappa shape index (κ3) is 5.88. The average molecular weight is 452 g/mol. The van der Waals surface area contributed by atoms with Gasteiger partial charge in [-0.2, -0.15) is 0 Å². The number of rotatable bonds is 8. The van der Waals surface area contributed by atoms with Crippen molar-refractivity contribution >= 4 is 74.3 Å². The van der Waals surface area contributed by atoms with Gasteiger partial charge in [-0.1, -0.05) is 54.1 Å². The van der Waals surface area contributed by atoms with Crippen LogP contribution in [0.25, 0.3) is 6.08 Å². The number of halogens is 1. The highest BCUT2D eigenvalue weighted by Gasteiger charge is 2.31. The van der Waals surface area contributed by atoms with Gasteiger partial charge in [0.15, 0.2) is 5.13 Å². The molecule has 1 aromatic heterocycles. The summed E-state index contributed by atoms with van der Waals surface area (Å²) in [6.07, 6.45) is 6.33. The minimum Gasteiger partial charge on any atom is -0.302 e. The second-order valence-corrected chi connectivity index (χ2v) is 9.09. The van der Waals surface area contributed by atoms with E-state index in [2.05, 4.69) is 10.3 Å². The third-order valence-corrected chi connectivity index (χ3v) is 6.32. The summed E-state index contributed by atoms with van der Waals surface area (Å²) >= 11 is 14.0. The van der Waals surface area contributed by atoms with Gasteiger partial charge in [-0.3, -0.25) is 14.5 Å². The van der Waals surface area contributed by atoms with E-state index in [0.717, 1.165) is 24.8 Å². The van der Waals surface area contributed by atoms with Crippen LogP contribution in [-0.2, 0) is 9.59 Å². The van der Waals surface area contributed by atoms with Crippen molar-refractivity contribution < 1.29 is 9.59 Å². The van der Waals surface area contributed by atoms with E-state index in [1.54, 1.807) is 23.2 Å². The largest absolute Gasteiger partial charge is 0.302 e. The zero-order valence-electron chi connectivity index (χ0n) is 14.9. The summed E-state index contributed by atoms with van der Waals surface area (Å²) < 4.78 is 0.576. The average Bonchev–Trinajstić information content (AvgIpc) is 3.26. The van der Waals surface area contributed by atoms with Gasteiger partial charge in [0.05, 0.1) is 4.91 Å². The van der Waals surface area contributed by atoms with E-state index in [0.29, 0.717) is 32.3 Å². The second kappa shape index (κ2) is 10.2. The van der Waals surface area contributed by atoms with Crippen molar-refractivity contribution in [3.8, 4) is 0 Å². The van der Waals surface area contributed by atoms with Crippen molar-refractivity contribution in [2.45, 2.75) is 25.7 Å². The number of carbonyl (C=O) groups excluding carboxylic acids is 2. The predicted molar refractivity (Wildman–Crippen MR) is 121 cm³/mol. The van der Waals surface area contributed by atoms with Crippen molar-refractivity contribution in [3.05, 3.63) is 51.3 Å². The molecule has 2 heterocycles. The van der Waals surface area contributed by atoms with E-state index in [4.69, 9.17) is 23.8 Å². The molecule has 2 aromatic rings. The number of nitrogens with zero attached hydrogens (tertiary/aromatic N) is 2. The fourth-order valence-electron chi connectivity index (χ4n) is 2.60. The van der Waals surface area contributed by atoms with Crippen LogP contribution in [0.4, 0.5) is 5.13 Å². The Morgan fingerprint density at radius 2 is 2.04 bits per heavy atom. The highest BCUT2D eigenvalue weighted by Crippen LogP contribution is 2.33. The van der Waals surface area contributed by atoms with Crippen LogP contribution in [0.1, 0.15) is 31.2 Å². The molecule has 1 saturated heterocycles. The van der Waals surface area contributed by atoms with E-state index >= 15 is 0 Å². The first-order valence-corrected chi connectivity index (χ1v) is 11.2. The highest BCUT2D eigenvalue weighted by atomic mass is 35.5.